The van der Waals surface area contributed by atoms with Crippen LogP contribution in [-0.4, -0.2) is 57.1 Å². The van der Waals surface area contributed by atoms with Crippen LogP contribution < -0.4 is 9.62 Å². The average molecular weight is 582 g/mol. The van der Waals surface area contributed by atoms with Crippen LogP contribution in [0.3, 0.4) is 0 Å². The van der Waals surface area contributed by atoms with Crippen molar-refractivity contribution in [2.75, 3.05) is 30.2 Å². The van der Waals surface area contributed by atoms with Crippen LogP contribution in [0.5, 0.6) is 0 Å². The third-order valence-electron chi connectivity index (χ3n) is 6.73. The highest BCUT2D eigenvalue weighted by Gasteiger charge is 2.32. The number of hydrogen-bond donors (Lipinski definition) is 1. The van der Waals surface area contributed by atoms with E-state index in [2.05, 4.69) is 5.32 Å². The summed E-state index contributed by atoms with van der Waals surface area (Å²) in [4.78, 5) is 29.4. The molecule has 0 aliphatic rings. The van der Waals surface area contributed by atoms with E-state index >= 15 is 0 Å². The van der Waals surface area contributed by atoms with E-state index in [1.165, 1.54) is 16.7 Å². The number of nitrogens with one attached hydrogen (secondary N) is 1. The molecule has 1 unspecified atom stereocenters. The van der Waals surface area contributed by atoms with Gasteiger partial charge in [-0.05, 0) is 74.9 Å². The van der Waals surface area contributed by atoms with Gasteiger partial charge in [-0.25, -0.2) is 8.42 Å². The molecule has 0 spiro atoms. The lowest BCUT2D eigenvalue weighted by Gasteiger charge is -2.32. The van der Waals surface area contributed by atoms with Gasteiger partial charge in [-0.15, -0.1) is 11.8 Å². The Morgan fingerprint density at radius 1 is 0.950 bits per heavy atom. The molecular formula is C31H39N3O4S2. The summed E-state index contributed by atoms with van der Waals surface area (Å²) in [7, 11) is -4.08. The first-order valence-corrected chi connectivity index (χ1v) is 16.2. The maximum Gasteiger partial charge on any atom is 0.264 e. The summed E-state index contributed by atoms with van der Waals surface area (Å²) in [5, 5.41) is 2.91. The van der Waals surface area contributed by atoms with E-state index in [9.17, 15) is 18.0 Å². The highest BCUT2D eigenvalue weighted by atomic mass is 32.2. The van der Waals surface area contributed by atoms with Crippen LogP contribution in [0.1, 0.15) is 37.8 Å². The van der Waals surface area contributed by atoms with E-state index in [-0.39, 0.29) is 17.3 Å². The zero-order valence-corrected chi connectivity index (χ0v) is 25.3. The monoisotopic (exact) mass is 581 g/mol. The third-order valence-corrected chi connectivity index (χ3v) is 9.26. The molecule has 0 saturated carbocycles. The van der Waals surface area contributed by atoms with Gasteiger partial charge < -0.3 is 10.2 Å². The Labute approximate surface area is 243 Å². The minimum atomic E-state index is -4.08. The molecule has 0 heterocycles. The molecule has 0 fully saturated rings. The van der Waals surface area contributed by atoms with Crippen molar-refractivity contribution in [1.82, 2.24) is 10.2 Å². The van der Waals surface area contributed by atoms with Gasteiger partial charge in [-0.2, -0.15) is 0 Å². The van der Waals surface area contributed by atoms with Crippen LogP contribution in [-0.2, 0) is 26.0 Å². The second kappa shape index (κ2) is 14.9. The molecule has 1 atom stereocenters. The number of sulfonamides is 1. The highest BCUT2D eigenvalue weighted by Crippen LogP contribution is 2.26. The first-order valence-electron chi connectivity index (χ1n) is 13.5. The van der Waals surface area contributed by atoms with E-state index in [0.29, 0.717) is 18.7 Å². The lowest BCUT2D eigenvalue weighted by Crippen LogP contribution is -2.52. The molecular weight excluding hydrogens is 542 g/mol. The van der Waals surface area contributed by atoms with Crippen LogP contribution in [0.15, 0.2) is 88.7 Å². The molecule has 3 aromatic rings. The van der Waals surface area contributed by atoms with Gasteiger partial charge in [0, 0.05) is 18.0 Å². The van der Waals surface area contributed by atoms with Crippen molar-refractivity contribution < 1.29 is 18.0 Å². The van der Waals surface area contributed by atoms with Crippen molar-refractivity contribution in [3.8, 4) is 0 Å². The van der Waals surface area contributed by atoms with Gasteiger partial charge in [0.1, 0.15) is 12.6 Å². The predicted octanol–water partition coefficient (Wildman–Crippen LogP) is 5.29. The van der Waals surface area contributed by atoms with E-state index in [1.54, 1.807) is 43.3 Å². The average Bonchev–Trinajstić information content (AvgIpc) is 2.97. The molecule has 0 radical (unpaired) electrons. The Kier molecular flexibility index (Phi) is 11.6. The van der Waals surface area contributed by atoms with Crippen molar-refractivity contribution in [3.05, 3.63) is 90.0 Å². The highest BCUT2D eigenvalue weighted by molar-refractivity contribution is 7.98. The number of nitrogens with zero attached hydrogens (tertiary/aromatic N) is 2. The first-order chi connectivity index (χ1) is 19.2. The smallest absolute Gasteiger partial charge is 0.264 e. The van der Waals surface area contributed by atoms with Crippen molar-refractivity contribution >= 4 is 39.3 Å². The summed E-state index contributed by atoms with van der Waals surface area (Å²) in [6, 6.07) is 22.6. The van der Waals surface area contributed by atoms with Crippen molar-refractivity contribution in [2.45, 2.75) is 55.9 Å². The molecule has 40 heavy (non-hydrogen) atoms. The van der Waals surface area contributed by atoms with E-state index in [1.807, 2.05) is 62.6 Å². The Hall–Kier alpha value is -3.30. The van der Waals surface area contributed by atoms with Crippen LogP contribution >= 0.6 is 11.8 Å². The number of aryl methyl sites for hydroxylation is 1. The summed E-state index contributed by atoms with van der Waals surface area (Å²) in [6.07, 6.45) is 4.23. The molecule has 0 aliphatic carbocycles. The van der Waals surface area contributed by atoms with Crippen LogP contribution in [0, 0.1) is 6.92 Å². The zero-order valence-electron chi connectivity index (χ0n) is 23.7. The van der Waals surface area contributed by atoms with Gasteiger partial charge in [0.05, 0.1) is 10.6 Å². The van der Waals surface area contributed by atoms with Crippen LogP contribution in [0.2, 0.25) is 0 Å². The Balaban J connectivity index is 1.94. The molecule has 7 nitrogen and oxygen atoms in total. The molecule has 3 rings (SSSR count). The third kappa shape index (κ3) is 8.35. The summed E-state index contributed by atoms with van der Waals surface area (Å²) >= 11 is 1.52. The molecule has 214 valence electrons. The molecule has 0 aromatic heterocycles. The van der Waals surface area contributed by atoms with Gasteiger partial charge in [-0.3, -0.25) is 13.9 Å². The fourth-order valence-corrected chi connectivity index (χ4v) is 6.04. The number of benzene rings is 3. The van der Waals surface area contributed by atoms with E-state index in [4.69, 9.17) is 0 Å². The summed E-state index contributed by atoms with van der Waals surface area (Å²) < 4.78 is 28.9. The Morgan fingerprint density at radius 3 is 2.20 bits per heavy atom. The quantitative estimate of drug-likeness (QED) is 0.207. The maximum atomic E-state index is 13.9. The standard InChI is InChI=1S/C31H39N3O4S2/c1-5-6-21-32-31(36)25(3)33(22-20-26-10-8-7-9-11-26)30(35)23-34(27-14-12-24(2)13-15-27)40(37,38)29-18-16-28(39-4)17-19-29/h7-19,25H,5-6,20-23H2,1-4H3,(H,32,36). The predicted molar refractivity (Wildman–Crippen MR) is 163 cm³/mol. The van der Waals surface area contributed by atoms with Crippen molar-refractivity contribution in [2.24, 2.45) is 0 Å². The fraction of sp³-hybridized carbons (Fsp3) is 0.355. The number of anilines is 1. The Bertz CT molecular complexity index is 1350. The molecule has 2 amide bonds. The van der Waals surface area contributed by atoms with Gasteiger partial charge in [0.25, 0.3) is 10.0 Å². The van der Waals surface area contributed by atoms with Crippen LogP contribution in [0.25, 0.3) is 0 Å². The van der Waals surface area contributed by atoms with Crippen molar-refractivity contribution in [1.29, 1.82) is 0 Å². The van der Waals surface area contributed by atoms with Crippen LogP contribution in [0.4, 0.5) is 5.69 Å². The zero-order chi connectivity index (χ0) is 29.1. The molecule has 3 aromatic carbocycles. The first kappa shape index (κ1) is 31.2. The van der Waals surface area contributed by atoms with Gasteiger partial charge >= 0.3 is 0 Å². The summed E-state index contributed by atoms with van der Waals surface area (Å²) in [6.45, 7) is 6.01. The lowest BCUT2D eigenvalue weighted by molar-refractivity contribution is -0.138. The maximum absolute atomic E-state index is 13.9. The molecule has 0 saturated heterocycles. The minimum absolute atomic E-state index is 0.0971. The number of carbonyl (C=O) groups excluding carboxylic acids is 2. The molecule has 0 aliphatic heterocycles. The van der Waals surface area contributed by atoms with Gasteiger partial charge in [-0.1, -0.05) is 61.4 Å². The number of hydrogen-bond acceptors (Lipinski definition) is 5. The van der Waals surface area contributed by atoms with E-state index < -0.39 is 28.5 Å². The number of rotatable bonds is 14. The Morgan fingerprint density at radius 2 is 1.60 bits per heavy atom. The number of thioether (sulfide) groups is 1. The minimum Gasteiger partial charge on any atom is -0.354 e. The summed E-state index contributed by atoms with van der Waals surface area (Å²) in [5.41, 5.74) is 2.38. The van der Waals surface area contributed by atoms with E-state index in [0.717, 1.165) is 33.2 Å². The summed E-state index contributed by atoms with van der Waals surface area (Å²) in [5.74, 6) is -0.703. The molecule has 9 heteroatoms. The number of amides is 2. The van der Waals surface area contributed by atoms with Crippen molar-refractivity contribution in [3.63, 3.8) is 0 Å². The van der Waals surface area contributed by atoms with Gasteiger partial charge in [0.2, 0.25) is 11.8 Å². The second-order valence-electron chi connectivity index (χ2n) is 9.67. The lowest BCUT2D eigenvalue weighted by atomic mass is 10.1. The molecule has 1 N–H and O–H groups in total. The van der Waals surface area contributed by atoms with Gasteiger partial charge in [0.15, 0.2) is 0 Å². The fourth-order valence-electron chi connectivity index (χ4n) is 4.22. The SMILES string of the molecule is CCCCNC(=O)C(C)N(CCc1ccccc1)C(=O)CN(c1ccc(C)cc1)S(=O)(=O)c1ccc(SC)cc1. The topological polar surface area (TPSA) is 86.8 Å². The number of carbonyl (C=O) groups is 2. The second-order valence-corrected chi connectivity index (χ2v) is 12.4. The molecule has 0 bridgehead atoms. The normalized spacial score (nSPS) is 12.0. The largest absolute Gasteiger partial charge is 0.354 e. The number of unbranched alkanes of at least 4 members (excludes halogenated alkanes) is 1.